The van der Waals surface area contributed by atoms with Crippen LogP contribution in [0.4, 0.5) is 0 Å². The molecule has 1 aromatic rings. The highest BCUT2D eigenvalue weighted by Gasteiger charge is 2.09. The topological polar surface area (TPSA) is 30.9 Å². The van der Waals surface area contributed by atoms with Crippen molar-refractivity contribution in [1.82, 2.24) is 4.57 Å². The van der Waals surface area contributed by atoms with Crippen LogP contribution in [0.2, 0.25) is 0 Å². The SMILES string of the molecule is CC(C)(N)Cn1cccc1. The molecule has 0 saturated carbocycles. The molecule has 0 aliphatic carbocycles. The van der Waals surface area contributed by atoms with Crippen molar-refractivity contribution in [2.75, 3.05) is 0 Å². The van der Waals surface area contributed by atoms with Crippen molar-refractivity contribution in [3.05, 3.63) is 24.5 Å². The molecule has 2 nitrogen and oxygen atoms in total. The summed E-state index contributed by atoms with van der Waals surface area (Å²) in [4.78, 5) is 0. The minimum atomic E-state index is -0.112. The molecular weight excluding hydrogens is 124 g/mol. The van der Waals surface area contributed by atoms with Gasteiger partial charge in [-0.15, -0.1) is 0 Å². The van der Waals surface area contributed by atoms with Crippen LogP contribution in [-0.2, 0) is 6.54 Å². The first kappa shape index (κ1) is 7.35. The van der Waals surface area contributed by atoms with Gasteiger partial charge < -0.3 is 10.3 Å². The first-order valence-electron chi connectivity index (χ1n) is 3.47. The van der Waals surface area contributed by atoms with Crippen molar-refractivity contribution in [3.63, 3.8) is 0 Å². The van der Waals surface area contributed by atoms with Crippen LogP contribution in [0.25, 0.3) is 0 Å². The molecular formula is C8H14N2. The van der Waals surface area contributed by atoms with Gasteiger partial charge in [0.15, 0.2) is 0 Å². The van der Waals surface area contributed by atoms with E-state index in [0.29, 0.717) is 0 Å². The normalized spacial score (nSPS) is 11.9. The fraction of sp³-hybridized carbons (Fsp3) is 0.500. The summed E-state index contributed by atoms with van der Waals surface area (Å²) in [5.41, 5.74) is 5.69. The molecule has 1 aromatic heterocycles. The molecule has 0 amide bonds. The summed E-state index contributed by atoms with van der Waals surface area (Å²) >= 11 is 0. The Labute approximate surface area is 61.7 Å². The highest BCUT2D eigenvalue weighted by molar-refractivity contribution is 4.92. The highest BCUT2D eigenvalue weighted by Crippen LogP contribution is 2.01. The lowest BCUT2D eigenvalue weighted by atomic mass is 10.1. The van der Waals surface area contributed by atoms with Gasteiger partial charge >= 0.3 is 0 Å². The average Bonchev–Trinajstić information content (AvgIpc) is 2.12. The van der Waals surface area contributed by atoms with E-state index < -0.39 is 0 Å². The molecule has 0 aliphatic rings. The van der Waals surface area contributed by atoms with E-state index in [1.165, 1.54) is 0 Å². The Balaban J connectivity index is 2.57. The second-order valence-electron chi connectivity index (χ2n) is 3.34. The first-order valence-corrected chi connectivity index (χ1v) is 3.47. The van der Waals surface area contributed by atoms with Crippen LogP contribution in [0, 0.1) is 0 Å². The molecule has 0 atom stereocenters. The maximum Gasteiger partial charge on any atom is 0.0394 e. The second kappa shape index (κ2) is 2.46. The quantitative estimate of drug-likeness (QED) is 0.654. The van der Waals surface area contributed by atoms with E-state index in [4.69, 9.17) is 5.73 Å². The fourth-order valence-electron chi connectivity index (χ4n) is 0.946. The van der Waals surface area contributed by atoms with Crippen molar-refractivity contribution in [2.24, 2.45) is 5.73 Å². The Kier molecular flexibility index (Phi) is 1.81. The van der Waals surface area contributed by atoms with Crippen molar-refractivity contribution >= 4 is 0 Å². The number of nitrogens with zero attached hydrogens (tertiary/aromatic N) is 1. The third-order valence-corrected chi connectivity index (χ3v) is 1.26. The van der Waals surface area contributed by atoms with Crippen LogP contribution in [-0.4, -0.2) is 10.1 Å². The lowest BCUT2D eigenvalue weighted by Gasteiger charge is -2.18. The molecule has 0 fully saturated rings. The van der Waals surface area contributed by atoms with E-state index in [1.807, 2.05) is 38.4 Å². The summed E-state index contributed by atoms with van der Waals surface area (Å²) in [7, 11) is 0. The van der Waals surface area contributed by atoms with Crippen molar-refractivity contribution in [1.29, 1.82) is 0 Å². The molecule has 0 bridgehead atoms. The van der Waals surface area contributed by atoms with Crippen LogP contribution >= 0.6 is 0 Å². The number of aromatic nitrogens is 1. The Morgan fingerprint density at radius 3 is 2.20 bits per heavy atom. The van der Waals surface area contributed by atoms with Gasteiger partial charge in [0.25, 0.3) is 0 Å². The van der Waals surface area contributed by atoms with Gasteiger partial charge in [0, 0.05) is 24.5 Å². The van der Waals surface area contributed by atoms with Crippen LogP contribution in [0.1, 0.15) is 13.8 Å². The zero-order valence-corrected chi connectivity index (χ0v) is 6.54. The molecule has 1 rings (SSSR count). The van der Waals surface area contributed by atoms with E-state index in [2.05, 4.69) is 4.57 Å². The maximum absolute atomic E-state index is 5.81. The van der Waals surface area contributed by atoms with Gasteiger partial charge in [-0.25, -0.2) is 0 Å². The van der Waals surface area contributed by atoms with Gasteiger partial charge in [-0.2, -0.15) is 0 Å². The molecule has 2 N–H and O–H groups in total. The van der Waals surface area contributed by atoms with Gasteiger partial charge in [-0.1, -0.05) is 0 Å². The van der Waals surface area contributed by atoms with Crippen LogP contribution in [0.3, 0.4) is 0 Å². The van der Waals surface area contributed by atoms with Crippen LogP contribution < -0.4 is 5.73 Å². The molecule has 0 aliphatic heterocycles. The Morgan fingerprint density at radius 1 is 1.30 bits per heavy atom. The van der Waals surface area contributed by atoms with E-state index in [9.17, 15) is 0 Å². The molecule has 0 saturated heterocycles. The zero-order valence-electron chi connectivity index (χ0n) is 6.54. The van der Waals surface area contributed by atoms with Crippen LogP contribution in [0.15, 0.2) is 24.5 Å². The van der Waals surface area contributed by atoms with Crippen molar-refractivity contribution < 1.29 is 0 Å². The summed E-state index contributed by atoms with van der Waals surface area (Å²) < 4.78 is 2.08. The summed E-state index contributed by atoms with van der Waals surface area (Å²) in [6, 6.07) is 4.01. The third kappa shape index (κ3) is 2.23. The van der Waals surface area contributed by atoms with Crippen molar-refractivity contribution in [3.8, 4) is 0 Å². The van der Waals surface area contributed by atoms with Gasteiger partial charge in [0.05, 0.1) is 0 Å². The summed E-state index contributed by atoms with van der Waals surface area (Å²) in [6.07, 6.45) is 4.04. The van der Waals surface area contributed by atoms with E-state index in [0.717, 1.165) is 6.54 Å². The first-order chi connectivity index (χ1) is 4.58. The summed E-state index contributed by atoms with van der Waals surface area (Å²) in [5.74, 6) is 0. The van der Waals surface area contributed by atoms with Crippen molar-refractivity contribution in [2.45, 2.75) is 25.9 Å². The monoisotopic (exact) mass is 138 g/mol. The minimum absolute atomic E-state index is 0.112. The molecule has 56 valence electrons. The zero-order chi connectivity index (χ0) is 7.61. The number of nitrogens with two attached hydrogens (primary N) is 1. The number of rotatable bonds is 2. The number of hydrogen-bond acceptors (Lipinski definition) is 1. The molecule has 1 heterocycles. The van der Waals surface area contributed by atoms with Gasteiger partial charge in [0.1, 0.15) is 0 Å². The third-order valence-electron chi connectivity index (χ3n) is 1.26. The van der Waals surface area contributed by atoms with E-state index >= 15 is 0 Å². The Morgan fingerprint density at radius 2 is 1.80 bits per heavy atom. The highest BCUT2D eigenvalue weighted by atomic mass is 15.0. The van der Waals surface area contributed by atoms with Crippen LogP contribution in [0.5, 0.6) is 0 Å². The van der Waals surface area contributed by atoms with Gasteiger partial charge in [-0.05, 0) is 26.0 Å². The summed E-state index contributed by atoms with van der Waals surface area (Å²) in [6.45, 7) is 4.92. The lowest BCUT2D eigenvalue weighted by Crippen LogP contribution is -2.36. The van der Waals surface area contributed by atoms with E-state index in [-0.39, 0.29) is 5.54 Å². The maximum atomic E-state index is 5.81. The molecule has 0 radical (unpaired) electrons. The average molecular weight is 138 g/mol. The molecule has 0 spiro atoms. The smallest absolute Gasteiger partial charge is 0.0394 e. The van der Waals surface area contributed by atoms with Gasteiger partial charge in [0.2, 0.25) is 0 Å². The molecule has 0 unspecified atom stereocenters. The summed E-state index contributed by atoms with van der Waals surface area (Å²) in [5, 5.41) is 0. The fourth-order valence-corrected chi connectivity index (χ4v) is 0.946. The molecule has 10 heavy (non-hydrogen) atoms. The predicted octanol–water partition coefficient (Wildman–Crippen LogP) is 1.23. The Hall–Kier alpha value is -0.760. The van der Waals surface area contributed by atoms with Gasteiger partial charge in [-0.3, -0.25) is 0 Å². The standard InChI is InChI=1S/C8H14N2/c1-8(2,9)7-10-5-3-4-6-10/h3-6H,7,9H2,1-2H3. The largest absolute Gasteiger partial charge is 0.352 e. The Bertz CT molecular complexity index is 182. The number of hydrogen-bond donors (Lipinski definition) is 1. The molecule has 0 aromatic carbocycles. The predicted molar refractivity (Wildman–Crippen MR) is 42.7 cm³/mol. The minimum Gasteiger partial charge on any atom is -0.352 e. The van der Waals surface area contributed by atoms with E-state index in [1.54, 1.807) is 0 Å². The second-order valence-corrected chi connectivity index (χ2v) is 3.34. The molecule has 2 heteroatoms. The lowest BCUT2D eigenvalue weighted by molar-refractivity contribution is 0.435.